The number of amides is 1. The lowest BCUT2D eigenvalue weighted by molar-refractivity contribution is -0.384. The highest BCUT2D eigenvalue weighted by molar-refractivity contribution is 5.96. The number of fused-ring (bicyclic) bond motifs is 1. The van der Waals surface area contributed by atoms with Crippen LogP contribution in [0.15, 0.2) is 47.6 Å². The summed E-state index contributed by atoms with van der Waals surface area (Å²) in [4.78, 5) is 25.1. The van der Waals surface area contributed by atoms with Gasteiger partial charge in [-0.05, 0) is 76.4 Å². The van der Waals surface area contributed by atoms with Gasteiger partial charge in [0.25, 0.3) is 11.6 Å². The van der Waals surface area contributed by atoms with Crippen LogP contribution in [0.3, 0.4) is 0 Å². The average molecular weight is 421 g/mol. The van der Waals surface area contributed by atoms with E-state index in [1.54, 1.807) is 6.21 Å². The number of nitrogens with zero attached hydrogens (tertiary/aromatic N) is 3. The Kier molecular flexibility index (Phi) is 5.97. The number of hydrogen-bond acceptors (Lipinski definition) is 5. The summed E-state index contributed by atoms with van der Waals surface area (Å²) in [5.41, 5.74) is 7.89. The van der Waals surface area contributed by atoms with Crippen LogP contribution in [0.4, 0.5) is 11.4 Å². The van der Waals surface area contributed by atoms with E-state index in [2.05, 4.69) is 68.3 Å². The monoisotopic (exact) mass is 420 g/mol. The van der Waals surface area contributed by atoms with Gasteiger partial charge in [0.2, 0.25) is 0 Å². The van der Waals surface area contributed by atoms with Crippen LogP contribution in [0, 0.1) is 17.0 Å². The largest absolute Gasteiger partial charge is 0.360 e. The Labute approximate surface area is 182 Å². The molecule has 1 amide bonds. The first-order valence-corrected chi connectivity index (χ1v) is 10.2. The molecule has 31 heavy (non-hydrogen) atoms. The van der Waals surface area contributed by atoms with Crippen LogP contribution in [0.2, 0.25) is 0 Å². The SMILES string of the molecule is CC1=CC(C)(C)N(C(C)C)c2cc(C)c(/C=N\NC(=O)c3cccc([N+](=O)[O-])c3)cc21. The second kappa shape index (κ2) is 8.34. The number of allylic oxidation sites excluding steroid dienone is 1. The molecule has 1 aliphatic heterocycles. The fourth-order valence-corrected chi connectivity index (χ4v) is 4.28. The highest BCUT2D eigenvalue weighted by atomic mass is 16.6. The van der Waals surface area contributed by atoms with Crippen molar-refractivity contribution in [1.29, 1.82) is 0 Å². The molecule has 0 atom stereocenters. The molecule has 7 nitrogen and oxygen atoms in total. The summed E-state index contributed by atoms with van der Waals surface area (Å²) in [6.45, 7) is 12.9. The molecule has 1 aliphatic rings. The van der Waals surface area contributed by atoms with E-state index in [0.29, 0.717) is 6.04 Å². The molecule has 0 saturated carbocycles. The summed E-state index contributed by atoms with van der Waals surface area (Å²) in [6, 6.07) is 10.1. The van der Waals surface area contributed by atoms with Crippen molar-refractivity contribution in [2.24, 2.45) is 5.10 Å². The number of hydrazone groups is 1. The molecule has 0 aromatic heterocycles. The van der Waals surface area contributed by atoms with Gasteiger partial charge in [0, 0.05) is 35.0 Å². The fraction of sp³-hybridized carbons (Fsp3) is 0.333. The van der Waals surface area contributed by atoms with Gasteiger partial charge in [0.1, 0.15) is 0 Å². The smallest absolute Gasteiger partial charge is 0.271 e. The maximum atomic E-state index is 12.3. The van der Waals surface area contributed by atoms with Crippen molar-refractivity contribution < 1.29 is 9.72 Å². The first-order chi connectivity index (χ1) is 14.5. The summed E-state index contributed by atoms with van der Waals surface area (Å²) in [5.74, 6) is -0.501. The Bertz CT molecular complexity index is 1100. The van der Waals surface area contributed by atoms with Crippen molar-refractivity contribution in [3.8, 4) is 0 Å². The van der Waals surface area contributed by atoms with Crippen LogP contribution in [-0.2, 0) is 0 Å². The van der Waals surface area contributed by atoms with E-state index < -0.39 is 10.8 Å². The maximum Gasteiger partial charge on any atom is 0.271 e. The minimum absolute atomic E-state index is 0.0838. The summed E-state index contributed by atoms with van der Waals surface area (Å²) in [7, 11) is 0. The lowest BCUT2D eigenvalue weighted by atomic mass is 9.86. The Balaban J connectivity index is 1.86. The average Bonchev–Trinajstić information content (AvgIpc) is 2.67. The van der Waals surface area contributed by atoms with Gasteiger partial charge in [-0.2, -0.15) is 5.10 Å². The van der Waals surface area contributed by atoms with Crippen LogP contribution in [0.5, 0.6) is 0 Å². The molecule has 0 bridgehead atoms. The van der Waals surface area contributed by atoms with Crippen molar-refractivity contribution in [3.63, 3.8) is 0 Å². The molecule has 1 heterocycles. The molecule has 1 N–H and O–H groups in total. The topological polar surface area (TPSA) is 87.8 Å². The van der Waals surface area contributed by atoms with Gasteiger partial charge in [-0.3, -0.25) is 14.9 Å². The number of nitro groups is 1. The van der Waals surface area contributed by atoms with Crippen LogP contribution in [0.1, 0.15) is 61.7 Å². The third-order valence-electron chi connectivity index (χ3n) is 5.46. The minimum Gasteiger partial charge on any atom is -0.360 e. The molecule has 0 spiro atoms. The molecule has 0 unspecified atom stereocenters. The molecule has 2 aromatic carbocycles. The van der Waals surface area contributed by atoms with Crippen LogP contribution < -0.4 is 10.3 Å². The Morgan fingerprint density at radius 1 is 1.23 bits per heavy atom. The van der Waals surface area contributed by atoms with E-state index in [0.717, 1.165) is 16.7 Å². The highest BCUT2D eigenvalue weighted by Crippen LogP contribution is 2.41. The second-order valence-electron chi connectivity index (χ2n) is 8.68. The predicted molar refractivity (Wildman–Crippen MR) is 125 cm³/mol. The lowest BCUT2D eigenvalue weighted by Crippen LogP contribution is -2.49. The van der Waals surface area contributed by atoms with Crippen molar-refractivity contribution in [1.82, 2.24) is 5.43 Å². The number of carbonyl (C=O) groups excluding carboxylic acids is 1. The first-order valence-electron chi connectivity index (χ1n) is 10.2. The molecule has 7 heteroatoms. The third-order valence-corrected chi connectivity index (χ3v) is 5.46. The first kappa shape index (κ1) is 22.2. The van der Waals surface area contributed by atoms with E-state index >= 15 is 0 Å². The van der Waals surface area contributed by atoms with Gasteiger partial charge in [0.15, 0.2) is 0 Å². The van der Waals surface area contributed by atoms with Gasteiger partial charge in [0.05, 0.1) is 16.7 Å². The zero-order chi connectivity index (χ0) is 22.9. The normalized spacial score (nSPS) is 15.1. The number of aryl methyl sites for hydroxylation is 1. The van der Waals surface area contributed by atoms with Crippen molar-refractivity contribution in [2.45, 2.75) is 53.1 Å². The number of hydrogen-bond donors (Lipinski definition) is 1. The van der Waals surface area contributed by atoms with Crippen molar-refractivity contribution >= 4 is 29.1 Å². The van der Waals surface area contributed by atoms with Gasteiger partial charge in [-0.15, -0.1) is 0 Å². The van der Waals surface area contributed by atoms with Crippen LogP contribution in [0.25, 0.3) is 5.57 Å². The molecule has 2 aromatic rings. The van der Waals surface area contributed by atoms with Gasteiger partial charge < -0.3 is 4.90 Å². The Morgan fingerprint density at radius 2 is 1.94 bits per heavy atom. The third kappa shape index (κ3) is 4.50. The molecule has 0 fully saturated rings. The lowest BCUT2D eigenvalue weighted by Gasteiger charge is -2.46. The number of nitrogens with one attached hydrogen (secondary N) is 1. The van der Waals surface area contributed by atoms with Gasteiger partial charge in [-0.1, -0.05) is 12.1 Å². The van der Waals surface area contributed by atoms with Crippen LogP contribution in [-0.4, -0.2) is 28.6 Å². The van der Waals surface area contributed by atoms with E-state index in [4.69, 9.17) is 0 Å². The molecule has 3 rings (SSSR count). The maximum absolute atomic E-state index is 12.3. The molecular formula is C24H28N4O3. The minimum atomic E-state index is -0.534. The summed E-state index contributed by atoms with van der Waals surface area (Å²) in [5, 5.41) is 15.0. The molecule has 0 aliphatic carbocycles. The number of rotatable bonds is 5. The highest BCUT2D eigenvalue weighted by Gasteiger charge is 2.33. The summed E-state index contributed by atoms with van der Waals surface area (Å²) in [6.07, 6.45) is 3.88. The van der Waals surface area contributed by atoms with Crippen LogP contribution >= 0.6 is 0 Å². The Hall–Kier alpha value is -3.48. The quantitative estimate of drug-likeness (QED) is 0.415. The Morgan fingerprint density at radius 3 is 2.58 bits per heavy atom. The standard InChI is InChI=1S/C24H28N4O3/c1-15(2)27-22-10-16(3)19(12-21(22)17(4)13-24(27,5)6)14-25-26-23(29)18-8-7-9-20(11-18)28(30)31/h7-15H,1-6H3,(H,26,29)/b25-14-. The van der Waals surface area contributed by atoms with E-state index in [-0.39, 0.29) is 16.8 Å². The summed E-state index contributed by atoms with van der Waals surface area (Å²) >= 11 is 0. The van der Waals surface area contributed by atoms with E-state index in [9.17, 15) is 14.9 Å². The number of anilines is 1. The fourth-order valence-electron chi connectivity index (χ4n) is 4.28. The van der Waals surface area contributed by atoms with Crippen molar-refractivity contribution in [2.75, 3.05) is 4.90 Å². The molecule has 0 radical (unpaired) electrons. The zero-order valence-corrected chi connectivity index (χ0v) is 18.8. The number of benzene rings is 2. The van der Waals surface area contributed by atoms with Crippen molar-refractivity contribution in [3.05, 3.63) is 74.8 Å². The van der Waals surface area contributed by atoms with Gasteiger partial charge in [-0.25, -0.2) is 5.43 Å². The molecule has 162 valence electrons. The van der Waals surface area contributed by atoms with Gasteiger partial charge >= 0.3 is 0 Å². The number of non-ortho nitro benzene ring substituents is 1. The number of carbonyl (C=O) groups is 1. The summed E-state index contributed by atoms with van der Waals surface area (Å²) < 4.78 is 0. The van der Waals surface area contributed by atoms with E-state index in [1.165, 1.54) is 35.5 Å². The number of nitro benzene ring substituents is 1. The predicted octanol–water partition coefficient (Wildman–Crippen LogP) is 5.08. The van der Waals surface area contributed by atoms with E-state index in [1.807, 2.05) is 6.92 Å². The second-order valence-corrected chi connectivity index (χ2v) is 8.68. The molecular weight excluding hydrogens is 392 g/mol. The zero-order valence-electron chi connectivity index (χ0n) is 18.8. The molecule has 0 saturated heterocycles.